The Morgan fingerprint density at radius 3 is 2.62 bits per heavy atom. The lowest BCUT2D eigenvalue weighted by atomic mass is 10.3. The van der Waals surface area contributed by atoms with Crippen LogP contribution in [0.25, 0.3) is 0 Å². The first-order valence-corrected chi connectivity index (χ1v) is 5.05. The fraction of sp³-hybridized carbons (Fsp3) is 0.444. The molecule has 0 heterocycles. The molecule has 0 aromatic carbocycles. The molecule has 0 radical (unpaired) electrons. The zero-order chi connectivity index (χ0) is 12.4. The number of nitrogens with one attached hydrogen (secondary N) is 2. The number of nitriles is 1. The highest BCUT2D eigenvalue weighted by molar-refractivity contribution is 6.18. The van der Waals surface area contributed by atoms with E-state index in [1.165, 1.54) is 6.20 Å². The monoisotopic (exact) mass is 245 g/mol. The van der Waals surface area contributed by atoms with Gasteiger partial charge in [-0.15, -0.1) is 11.6 Å². The molecule has 88 valence electrons. The molecule has 0 bridgehead atoms. The van der Waals surface area contributed by atoms with E-state index in [-0.39, 0.29) is 31.0 Å². The lowest BCUT2D eigenvalue weighted by Gasteiger charge is -2.02. The van der Waals surface area contributed by atoms with Crippen LogP contribution in [-0.2, 0) is 9.59 Å². The molecule has 0 aliphatic carbocycles. The van der Waals surface area contributed by atoms with E-state index in [1.807, 2.05) is 0 Å². The Balaban J connectivity index is 4.07. The van der Waals surface area contributed by atoms with Crippen molar-refractivity contribution in [3.05, 3.63) is 11.8 Å². The highest BCUT2D eigenvalue weighted by Gasteiger charge is 2.07. The van der Waals surface area contributed by atoms with Crippen LogP contribution in [0.4, 0.5) is 0 Å². The summed E-state index contributed by atoms with van der Waals surface area (Å²) in [6.07, 6.45) is 1.10. The quantitative estimate of drug-likeness (QED) is 0.250. The van der Waals surface area contributed by atoms with E-state index in [1.54, 1.807) is 6.07 Å². The van der Waals surface area contributed by atoms with Crippen LogP contribution in [0.15, 0.2) is 11.8 Å². The van der Waals surface area contributed by atoms with Gasteiger partial charge in [0.15, 0.2) is 0 Å². The molecule has 0 saturated heterocycles. The van der Waals surface area contributed by atoms with Crippen molar-refractivity contribution < 1.29 is 14.7 Å². The van der Waals surface area contributed by atoms with E-state index in [9.17, 15) is 9.59 Å². The fourth-order valence-corrected chi connectivity index (χ4v) is 0.852. The molecule has 0 fully saturated rings. The van der Waals surface area contributed by atoms with Gasteiger partial charge < -0.3 is 15.7 Å². The van der Waals surface area contributed by atoms with Gasteiger partial charge >= 0.3 is 5.97 Å². The minimum atomic E-state index is -0.953. The summed E-state index contributed by atoms with van der Waals surface area (Å²) >= 11 is 5.36. The second-order valence-corrected chi connectivity index (χ2v) is 3.09. The number of hydrogen-bond donors (Lipinski definition) is 3. The van der Waals surface area contributed by atoms with Crippen LogP contribution >= 0.6 is 11.6 Å². The van der Waals surface area contributed by atoms with Gasteiger partial charge in [-0.05, 0) is 0 Å². The van der Waals surface area contributed by atoms with E-state index in [0.717, 1.165) is 0 Å². The second-order valence-electron chi connectivity index (χ2n) is 2.71. The smallest absolute Gasteiger partial charge is 0.305 e. The van der Waals surface area contributed by atoms with Gasteiger partial charge in [0.25, 0.3) is 5.91 Å². The molecule has 1 amide bonds. The molecule has 0 saturated carbocycles. The number of carboxylic acid groups (broad SMARTS) is 1. The molecule has 0 aliphatic heterocycles. The first kappa shape index (κ1) is 14.3. The number of carbonyl (C=O) groups is 2. The number of amides is 1. The van der Waals surface area contributed by atoms with Gasteiger partial charge in [0.05, 0.1) is 6.42 Å². The average Bonchev–Trinajstić information content (AvgIpc) is 2.25. The maximum atomic E-state index is 11.2. The number of rotatable bonds is 7. The van der Waals surface area contributed by atoms with Crippen molar-refractivity contribution in [3.8, 4) is 6.07 Å². The van der Waals surface area contributed by atoms with Crippen LogP contribution in [0.2, 0.25) is 0 Å². The predicted molar refractivity (Wildman–Crippen MR) is 57.7 cm³/mol. The first-order chi connectivity index (χ1) is 7.61. The van der Waals surface area contributed by atoms with Gasteiger partial charge in [0.1, 0.15) is 11.6 Å². The maximum Gasteiger partial charge on any atom is 0.305 e. The molecule has 0 unspecified atom stereocenters. The van der Waals surface area contributed by atoms with Crippen LogP contribution in [0, 0.1) is 11.3 Å². The third kappa shape index (κ3) is 6.68. The van der Waals surface area contributed by atoms with Gasteiger partial charge in [0.2, 0.25) is 0 Å². The molecule has 0 rings (SSSR count). The standard InChI is InChI=1S/C9H12ClN3O3/c10-2-4-13-9(16)7(5-11)6-12-3-1-8(14)15/h6,12H,1-4H2,(H,13,16)(H,14,15)/b7-6-. The summed E-state index contributed by atoms with van der Waals surface area (Å²) < 4.78 is 0. The van der Waals surface area contributed by atoms with Gasteiger partial charge in [-0.2, -0.15) is 5.26 Å². The van der Waals surface area contributed by atoms with E-state index >= 15 is 0 Å². The van der Waals surface area contributed by atoms with E-state index in [4.69, 9.17) is 22.0 Å². The summed E-state index contributed by atoms with van der Waals surface area (Å²) in [4.78, 5) is 21.4. The van der Waals surface area contributed by atoms with Crippen molar-refractivity contribution in [2.45, 2.75) is 6.42 Å². The highest BCUT2D eigenvalue weighted by Crippen LogP contribution is 1.90. The number of alkyl halides is 1. The van der Waals surface area contributed by atoms with Crippen molar-refractivity contribution in [1.29, 1.82) is 5.26 Å². The molecule has 0 aliphatic rings. The zero-order valence-corrected chi connectivity index (χ0v) is 9.25. The van der Waals surface area contributed by atoms with Crippen molar-refractivity contribution >= 4 is 23.5 Å². The van der Waals surface area contributed by atoms with Crippen LogP contribution in [0.1, 0.15) is 6.42 Å². The largest absolute Gasteiger partial charge is 0.481 e. The Morgan fingerprint density at radius 2 is 2.12 bits per heavy atom. The minimum Gasteiger partial charge on any atom is -0.481 e. The van der Waals surface area contributed by atoms with Crippen molar-refractivity contribution in [1.82, 2.24) is 10.6 Å². The Labute approximate surface area is 97.9 Å². The topological polar surface area (TPSA) is 102 Å². The number of carbonyl (C=O) groups excluding carboxylic acids is 1. The first-order valence-electron chi connectivity index (χ1n) is 4.51. The van der Waals surface area contributed by atoms with E-state index in [0.29, 0.717) is 0 Å². The molecule has 0 aromatic heterocycles. The van der Waals surface area contributed by atoms with Gasteiger partial charge in [0, 0.05) is 25.2 Å². The Hall–Kier alpha value is -1.74. The van der Waals surface area contributed by atoms with E-state index < -0.39 is 11.9 Å². The number of hydrogen-bond acceptors (Lipinski definition) is 4. The van der Waals surface area contributed by atoms with Crippen molar-refractivity contribution in [2.24, 2.45) is 0 Å². The molecule has 0 spiro atoms. The SMILES string of the molecule is N#C/C(=C/NCCC(=O)O)C(=O)NCCCl. The molecule has 7 heteroatoms. The molecule has 16 heavy (non-hydrogen) atoms. The van der Waals surface area contributed by atoms with E-state index in [2.05, 4.69) is 10.6 Å². The van der Waals surface area contributed by atoms with Crippen LogP contribution < -0.4 is 10.6 Å². The summed E-state index contributed by atoms with van der Waals surface area (Å²) in [6, 6.07) is 1.69. The zero-order valence-electron chi connectivity index (χ0n) is 8.49. The van der Waals surface area contributed by atoms with Crippen LogP contribution in [0.3, 0.4) is 0 Å². The van der Waals surface area contributed by atoms with Crippen molar-refractivity contribution in [3.63, 3.8) is 0 Å². The summed E-state index contributed by atoms with van der Waals surface area (Å²) in [6.45, 7) is 0.428. The lowest BCUT2D eigenvalue weighted by molar-refractivity contribution is -0.136. The average molecular weight is 246 g/mol. The van der Waals surface area contributed by atoms with Crippen LogP contribution in [0.5, 0.6) is 0 Å². The number of aliphatic carboxylic acids is 1. The second kappa shape index (κ2) is 8.56. The number of halogens is 1. The number of carboxylic acids is 1. The maximum absolute atomic E-state index is 11.2. The Bertz CT molecular complexity index is 322. The number of nitrogens with zero attached hydrogens (tertiary/aromatic N) is 1. The lowest BCUT2D eigenvalue weighted by Crippen LogP contribution is -2.27. The molecule has 0 atom stereocenters. The third-order valence-corrected chi connectivity index (χ3v) is 1.66. The molecule has 0 aromatic rings. The fourth-order valence-electron chi connectivity index (χ4n) is 0.758. The molecule has 6 nitrogen and oxygen atoms in total. The summed E-state index contributed by atoms with van der Waals surface area (Å²) in [5.74, 6) is -1.23. The molecule has 3 N–H and O–H groups in total. The Morgan fingerprint density at radius 1 is 1.44 bits per heavy atom. The summed E-state index contributed by atoms with van der Waals surface area (Å²) in [5, 5.41) is 22.0. The minimum absolute atomic E-state index is 0.0848. The van der Waals surface area contributed by atoms with Gasteiger partial charge in [-0.1, -0.05) is 0 Å². The van der Waals surface area contributed by atoms with Crippen LogP contribution in [-0.4, -0.2) is 36.0 Å². The third-order valence-electron chi connectivity index (χ3n) is 1.47. The molecular weight excluding hydrogens is 234 g/mol. The normalized spacial score (nSPS) is 10.4. The predicted octanol–water partition coefficient (Wildman–Crippen LogP) is -0.187. The molecular formula is C9H12ClN3O3. The van der Waals surface area contributed by atoms with Gasteiger partial charge in [-0.25, -0.2) is 0 Å². The summed E-state index contributed by atoms with van der Waals surface area (Å²) in [5.41, 5.74) is -0.115. The van der Waals surface area contributed by atoms with Gasteiger partial charge in [-0.3, -0.25) is 9.59 Å². The Kier molecular flexibility index (Phi) is 7.63. The van der Waals surface area contributed by atoms with Crippen molar-refractivity contribution in [2.75, 3.05) is 19.0 Å². The summed E-state index contributed by atoms with van der Waals surface area (Å²) in [7, 11) is 0. The highest BCUT2D eigenvalue weighted by atomic mass is 35.5.